The number of nitrogens with one attached hydrogen (secondary N) is 1. The zero-order chi connectivity index (χ0) is 13.0. The van der Waals surface area contributed by atoms with Crippen LogP contribution in [-0.4, -0.2) is 12.0 Å². The third-order valence-electron chi connectivity index (χ3n) is 2.52. The van der Waals surface area contributed by atoms with Crippen molar-refractivity contribution >= 4 is 0 Å². The molecule has 0 amide bonds. The highest BCUT2D eigenvalue weighted by Crippen LogP contribution is 2.28. The summed E-state index contributed by atoms with van der Waals surface area (Å²) in [7, 11) is 1.81. The first kappa shape index (κ1) is 12.5. The second-order valence-electron chi connectivity index (χ2n) is 4.00. The van der Waals surface area contributed by atoms with Gasteiger partial charge in [-0.05, 0) is 32.2 Å². The van der Waals surface area contributed by atoms with E-state index < -0.39 is 0 Å². The number of aryl methyl sites for hydroxylation is 1. The van der Waals surface area contributed by atoms with Gasteiger partial charge in [0.05, 0.1) is 6.20 Å². The lowest BCUT2D eigenvalue weighted by molar-refractivity contribution is 0.433. The highest BCUT2D eigenvalue weighted by molar-refractivity contribution is 5.38. The molecule has 94 valence electrons. The molecule has 4 heteroatoms. The summed E-state index contributed by atoms with van der Waals surface area (Å²) in [6.45, 7) is 2.44. The van der Waals surface area contributed by atoms with Gasteiger partial charge in [-0.2, -0.15) is 0 Å². The fourth-order valence-electron chi connectivity index (χ4n) is 1.63. The molecule has 0 radical (unpaired) electrons. The molecule has 0 fully saturated rings. The van der Waals surface area contributed by atoms with E-state index in [1.807, 2.05) is 26.1 Å². The molecule has 2 aromatic rings. The van der Waals surface area contributed by atoms with Gasteiger partial charge in [-0.1, -0.05) is 12.1 Å². The molecule has 0 aliphatic rings. The molecule has 0 saturated heterocycles. The lowest BCUT2D eigenvalue weighted by atomic mass is 10.2. The Balaban J connectivity index is 2.30. The van der Waals surface area contributed by atoms with Crippen LogP contribution >= 0.6 is 0 Å². The highest BCUT2D eigenvalue weighted by Gasteiger charge is 2.10. The van der Waals surface area contributed by atoms with Gasteiger partial charge in [-0.3, -0.25) is 4.98 Å². The number of rotatable bonds is 4. The molecule has 0 atom stereocenters. The first-order chi connectivity index (χ1) is 8.70. The number of benzene rings is 1. The van der Waals surface area contributed by atoms with Gasteiger partial charge in [-0.25, -0.2) is 4.39 Å². The molecule has 3 nitrogen and oxygen atoms in total. The van der Waals surface area contributed by atoms with E-state index in [-0.39, 0.29) is 11.6 Å². The number of ether oxygens (including phenoxy) is 1. The van der Waals surface area contributed by atoms with Crippen molar-refractivity contribution < 1.29 is 9.13 Å². The minimum atomic E-state index is -0.372. The molecule has 0 spiro atoms. The SMILES string of the molecule is CNCc1cccc(F)c1Oc1ccc(C)nc1. The lowest BCUT2D eigenvalue weighted by Crippen LogP contribution is -2.07. The van der Waals surface area contributed by atoms with Crippen molar-refractivity contribution in [3.05, 3.63) is 53.6 Å². The van der Waals surface area contributed by atoms with Crippen LogP contribution in [0.1, 0.15) is 11.3 Å². The monoisotopic (exact) mass is 246 g/mol. The maximum atomic E-state index is 13.8. The molecule has 0 unspecified atom stereocenters. The molecule has 0 saturated carbocycles. The van der Waals surface area contributed by atoms with E-state index in [9.17, 15) is 4.39 Å². The molecular weight excluding hydrogens is 231 g/mol. The second kappa shape index (κ2) is 5.60. The van der Waals surface area contributed by atoms with Gasteiger partial charge in [0, 0.05) is 17.8 Å². The number of nitrogens with zero attached hydrogens (tertiary/aromatic N) is 1. The maximum Gasteiger partial charge on any atom is 0.167 e. The van der Waals surface area contributed by atoms with Crippen molar-refractivity contribution in [1.29, 1.82) is 0 Å². The number of para-hydroxylation sites is 1. The number of aromatic nitrogens is 1. The fraction of sp³-hybridized carbons (Fsp3) is 0.214. The summed E-state index contributed by atoms with van der Waals surface area (Å²) in [4.78, 5) is 4.12. The Morgan fingerprint density at radius 2 is 2.11 bits per heavy atom. The van der Waals surface area contributed by atoms with Crippen molar-refractivity contribution in [2.75, 3.05) is 7.05 Å². The predicted octanol–water partition coefficient (Wildman–Crippen LogP) is 3.04. The summed E-state index contributed by atoms with van der Waals surface area (Å²) in [5.74, 6) is 0.406. The van der Waals surface area contributed by atoms with Gasteiger partial charge in [0.2, 0.25) is 0 Å². The Kier molecular flexibility index (Phi) is 3.89. The molecule has 18 heavy (non-hydrogen) atoms. The van der Waals surface area contributed by atoms with E-state index in [0.29, 0.717) is 12.3 Å². The van der Waals surface area contributed by atoms with Crippen molar-refractivity contribution in [1.82, 2.24) is 10.3 Å². The Labute approximate surface area is 106 Å². The molecule has 0 aliphatic carbocycles. The van der Waals surface area contributed by atoms with Gasteiger partial charge in [0.15, 0.2) is 11.6 Å². The van der Waals surface area contributed by atoms with Crippen molar-refractivity contribution in [2.45, 2.75) is 13.5 Å². The van der Waals surface area contributed by atoms with Crippen LogP contribution in [0.15, 0.2) is 36.5 Å². The Morgan fingerprint density at radius 3 is 2.78 bits per heavy atom. The molecule has 0 bridgehead atoms. The largest absolute Gasteiger partial charge is 0.452 e. The van der Waals surface area contributed by atoms with E-state index in [1.165, 1.54) is 6.07 Å². The predicted molar refractivity (Wildman–Crippen MR) is 68.2 cm³/mol. The van der Waals surface area contributed by atoms with Crippen LogP contribution in [0.4, 0.5) is 4.39 Å². The van der Waals surface area contributed by atoms with Crippen LogP contribution in [-0.2, 0) is 6.54 Å². The van der Waals surface area contributed by atoms with Crippen LogP contribution in [0.3, 0.4) is 0 Å². The molecule has 2 rings (SSSR count). The van der Waals surface area contributed by atoms with Gasteiger partial charge in [-0.15, -0.1) is 0 Å². The molecule has 1 N–H and O–H groups in total. The molecule has 1 aromatic carbocycles. The zero-order valence-corrected chi connectivity index (χ0v) is 10.4. The number of halogens is 1. The summed E-state index contributed by atoms with van der Waals surface area (Å²) in [6, 6.07) is 8.49. The summed E-state index contributed by atoms with van der Waals surface area (Å²) in [5, 5.41) is 2.98. The average molecular weight is 246 g/mol. The van der Waals surface area contributed by atoms with Crippen molar-refractivity contribution in [2.24, 2.45) is 0 Å². The van der Waals surface area contributed by atoms with E-state index in [2.05, 4.69) is 10.3 Å². The van der Waals surface area contributed by atoms with Gasteiger partial charge in [0.25, 0.3) is 0 Å². The molecule has 0 aliphatic heterocycles. The molecular formula is C14H15FN2O. The minimum absolute atomic E-state index is 0.248. The summed E-state index contributed by atoms with van der Waals surface area (Å²) < 4.78 is 19.3. The Bertz CT molecular complexity index is 526. The standard InChI is InChI=1S/C14H15FN2O/c1-10-6-7-12(9-17-10)18-14-11(8-16-2)4-3-5-13(14)15/h3-7,9,16H,8H2,1-2H3. The van der Waals surface area contributed by atoms with E-state index in [1.54, 1.807) is 18.3 Å². The first-order valence-corrected chi connectivity index (χ1v) is 5.73. The van der Waals surface area contributed by atoms with Crippen LogP contribution in [0.5, 0.6) is 11.5 Å². The minimum Gasteiger partial charge on any atom is -0.452 e. The first-order valence-electron chi connectivity index (χ1n) is 5.73. The summed E-state index contributed by atoms with van der Waals surface area (Å²) in [5.41, 5.74) is 1.67. The quantitative estimate of drug-likeness (QED) is 0.900. The van der Waals surface area contributed by atoms with E-state index in [0.717, 1.165) is 11.3 Å². The van der Waals surface area contributed by atoms with Gasteiger partial charge < -0.3 is 10.1 Å². The topological polar surface area (TPSA) is 34.1 Å². The average Bonchev–Trinajstić information content (AvgIpc) is 2.36. The Morgan fingerprint density at radius 1 is 1.28 bits per heavy atom. The number of pyridine rings is 1. The maximum absolute atomic E-state index is 13.8. The number of hydrogen-bond donors (Lipinski definition) is 1. The normalized spacial score (nSPS) is 10.4. The smallest absolute Gasteiger partial charge is 0.167 e. The van der Waals surface area contributed by atoms with Crippen LogP contribution in [0.2, 0.25) is 0 Å². The van der Waals surface area contributed by atoms with Crippen molar-refractivity contribution in [3.8, 4) is 11.5 Å². The molecule has 1 aromatic heterocycles. The van der Waals surface area contributed by atoms with Crippen LogP contribution in [0.25, 0.3) is 0 Å². The summed E-state index contributed by atoms with van der Waals surface area (Å²) >= 11 is 0. The van der Waals surface area contributed by atoms with Crippen LogP contribution < -0.4 is 10.1 Å². The van der Waals surface area contributed by atoms with E-state index in [4.69, 9.17) is 4.74 Å². The van der Waals surface area contributed by atoms with Gasteiger partial charge >= 0.3 is 0 Å². The summed E-state index contributed by atoms with van der Waals surface area (Å²) in [6.07, 6.45) is 1.59. The zero-order valence-electron chi connectivity index (χ0n) is 10.4. The Hall–Kier alpha value is -1.94. The lowest BCUT2D eigenvalue weighted by Gasteiger charge is -2.11. The van der Waals surface area contributed by atoms with Crippen LogP contribution in [0, 0.1) is 12.7 Å². The van der Waals surface area contributed by atoms with Crippen molar-refractivity contribution in [3.63, 3.8) is 0 Å². The highest BCUT2D eigenvalue weighted by atomic mass is 19.1. The third kappa shape index (κ3) is 2.84. The van der Waals surface area contributed by atoms with Gasteiger partial charge in [0.1, 0.15) is 5.75 Å². The fourth-order valence-corrected chi connectivity index (χ4v) is 1.63. The third-order valence-corrected chi connectivity index (χ3v) is 2.52. The second-order valence-corrected chi connectivity index (χ2v) is 4.00. The number of hydrogen-bond acceptors (Lipinski definition) is 3. The van der Waals surface area contributed by atoms with E-state index >= 15 is 0 Å². The molecule has 1 heterocycles.